The van der Waals surface area contributed by atoms with Gasteiger partial charge < -0.3 is 14.9 Å². The van der Waals surface area contributed by atoms with E-state index in [4.69, 9.17) is 0 Å². The van der Waals surface area contributed by atoms with Gasteiger partial charge in [-0.15, -0.1) is 0 Å². The highest BCUT2D eigenvalue weighted by atomic mass is 16.5. The lowest BCUT2D eigenvalue weighted by Crippen LogP contribution is -2.22. The topological polar surface area (TPSA) is 99.6 Å². The van der Waals surface area contributed by atoms with Crippen LogP contribution in [0.3, 0.4) is 0 Å². The summed E-state index contributed by atoms with van der Waals surface area (Å²) in [5.41, 5.74) is -1.07. The maximum atomic E-state index is 11.5. The monoisotopic (exact) mass is 239 g/mol. The van der Waals surface area contributed by atoms with E-state index in [0.717, 1.165) is 26.4 Å². The fourth-order valence-electron chi connectivity index (χ4n) is 1.97. The number of ether oxygens (including phenoxy) is 1. The number of nitrogens with one attached hydrogen (secondary N) is 1. The van der Waals surface area contributed by atoms with Gasteiger partial charge >= 0.3 is 5.97 Å². The van der Waals surface area contributed by atoms with Crippen molar-refractivity contribution in [3.05, 3.63) is 21.5 Å². The van der Waals surface area contributed by atoms with Crippen LogP contribution in [0.4, 0.5) is 0 Å². The fourth-order valence-corrected chi connectivity index (χ4v) is 1.97. The summed E-state index contributed by atoms with van der Waals surface area (Å²) in [5.74, 6) is -1.77. The SMILES string of the molecule is COC(=O)c1c(O)c(C2CCC2)c(O)[nH]c1=O. The number of aromatic hydroxyl groups is 2. The van der Waals surface area contributed by atoms with Gasteiger partial charge in [0.25, 0.3) is 5.56 Å². The predicted octanol–water partition coefficient (Wildman–Crippen LogP) is 0.840. The van der Waals surface area contributed by atoms with E-state index in [9.17, 15) is 19.8 Å². The molecule has 1 aliphatic rings. The van der Waals surface area contributed by atoms with Crippen LogP contribution in [0.2, 0.25) is 0 Å². The van der Waals surface area contributed by atoms with Crippen LogP contribution >= 0.6 is 0 Å². The molecule has 0 aliphatic heterocycles. The van der Waals surface area contributed by atoms with Crippen LogP contribution < -0.4 is 5.56 Å². The quantitative estimate of drug-likeness (QED) is 0.664. The molecule has 2 rings (SSSR count). The van der Waals surface area contributed by atoms with Crippen LogP contribution in [0, 0.1) is 0 Å². The third-order valence-corrected chi connectivity index (χ3v) is 3.11. The minimum Gasteiger partial charge on any atom is -0.506 e. The van der Waals surface area contributed by atoms with Gasteiger partial charge in [0, 0.05) is 0 Å². The molecule has 0 spiro atoms. The second kappa shape index (κ2) is 4.12. The molecular weight excluding hydrogens is 226 g/mol. The second-order valence-corrected chi connectivity index (χ2v) is 4.06. The van der Waals surface area contributed by atoms with Crippen molar-refractivity contribution in [3.63, 3.8) is 0 Å². The molecular formula is C11H13NO5. The van der Waals surface area contributed by atoms with Gasteiger partial charge in [-0.2, -0.15) is 0 Å². The number of rotatable bonds is 2. The van der Waals surface area contributed by atoms with Crippen LogP contribution in [0.15, 0.2) is 4.79 Å². The molecule has 0 radical (unpaired) electrons. The van der Waals surface area contributed by atoms with E-state index in [1.807, 2.05) is 0 Å². The highest BCUT2D eigenvalue weighted by Gasteiger charge is 2.30. The van der Waals surface area contributed by atoms with Gasteiger partial charge in [0.2, 0.25) is 0 Å². The van der Waals surface area contributed by atoms with Gasteiger partial charge in [0.1, 0.15) is 5.75 Å². The molecule has 0 unspecified atom stereocenters. The van der Waals surface area contributed by atoms with Gasteiger partial charge in [-0.05, 0) is 18.8 Å². The van der Waals surface area contributed by atoms with Gasteiger partial charge in [0.15, 0.2) is 11.4 Å². The van der Waals surface area contributed by atoms with Crippen molar-refractivity contribution >= 4 is 5.97 Å². The molecule has 1 aromatic heterocycles. The molecule has 0 amide bonds. The first-order chi connectivity index (χ1) is 8.06. The molecule has 6 heteroatoms. The molecule has 92 valence electrons. The number of aromatic amines is 1. The highest BCUT2D eigenvalue weighted by molar-refractivity contribution is 5.92. The highest BCUT2D eigenvalue weighted by Crippen LogP contribution is 2.44. The number of carbonyl (C=O) groups is 1. The molecule has 0 aromatic carbocycles. The zero-order valence-corrected chi connectivity index (χ0v) is 9.32. The molecule has 6 nitrogen and oxygen atoms in total. The fraction of sp³-hybridized carbons (Fsp3) is 0.455. The van der Waals surface area contributed by atoms with E-state index in [0.29, 0.717) is 0 Å². The molecule has 0 saturated heterocycles. The minimum absolute atomic E-state index is 0.0183. The van der Waals surface area contributed by atoms with Crippen molar-refractivity contribution in [3.8, 4) is 11.6 Å². The van der Waals surface area contributed by atoms with E-state index in [1.165, 1.54) is 0 Å². The Kier molecular flexibility index (Phi) is 2.79. The second-order valence-electron chi connectivity index (χ2n) is 4.06. The van der Waals surface area contributed by atoms with Crippen molar-refractivity contribution in [2.24, 2.45) is 0 Å². The normalized spacial score (nSPS) is 15.4. The maximum Gasteiger partial charge on any atom is 0.347 e. The summed E-state index contributed by atoms with van der Waals surface area (Å²) in [6.07, 6.45) is 2.62. The lowest BCUT2D eigenvalue weighted by Gasteiger charge is -2.27. The van der Waals surface area contributed by atoms with Crippen LogP contribution in [-0.4, -0.2) is 28.3 Å². The van der Waals surface area contributed by atoms with Crippen molar-refractivity contribution in [2.45, 2.75) is 25.2 Å². The molecule has 1 aromatic rings. The van der Waals surface area contributed by atoms with Gasteiger partial charge in [0.05, 0.1) is 12.7 Å². The number of hydrogen-bond donors (Lipinski definition) is 3. The number of hydrogen-bond acceptors (Lipinski definition) is 5. The Morgan fingerprint density at radius 3 is 2.53 bits per heavy atom. The Morgan fingerprint density at radius 1 is 1.41 bits per heavy atom. The average molecular weight is 239 g/mol. The summed E-state index contributed by atoms with van der Waals surface area (Å²) in [6, 6.07) is 0. The third kappa shape index (κ3) is 1.75. The summed E-state index contributed by atoms with van der Waals surface area (Å²) in [4.78, 5) is 25.0. The minimum atomic E-state index is -0.913. The van der Waals surface area contributed by atoms with Crippen molar-refractivity contribution in [1.29, 1.82) is 0 Å². The first-order valence-electron chi connectivity index (χ1n) is 5.32. The Labute approximate surface area is 96.9 Å². The Balaban J connectivity index is 2.60. The number of aromatic nitrogens is 1. The Morgan fingerprint density at radius 2 is 2.06 bits per heavy atom. The van der Waals surface area contributed by atoms with E-state index in [2.05, 4.69) is 9.72 Å². The van der Waals surface area contributed by atoms with Crippen LogP contribution in [0.1, 0.15) is 41.1 Å². The zero-order chi connectivity index (χ0) is 12.6. The number of pyridine rings is 1. The number of carbonyl (C=O) groups excluding carboxylic acids is 1. The van der Waals surface area contributed by atoms with Gasteiger partial charge in [-0.3, -0.25) is 9.78 Å². The van der Waals surface area contributed by atoms with E-state index >= 15 is 0 Å². The molecule has 17 heavy (non-hydrogen) atoms. The number of H-pyrrole nitrogens is 1. The lowest BCUT2D eigenvalue weighted by molar-refractivity contribution is 0.0594. The van der Waals surface area contributed by atoms with E-state index < -0.39 is 22.8 Å². The third-order valence-electron chi connectivity index (χ3n) is 3.11. The van der Waals surface area contributed by atoms with E-state index in [-0.39, 0.29) is 17.4 Å². The Bertz CT molecular complexity index is 515. The number of esters is 1. The smallest absolute Gasteiger partial charge is 0.347 e. The molecule has 1 heterocycles. The molecule has 3 N–H and O–H groups in total. The zero-order valence-electron chi connectivity index (χ0n) is 9.32. The maximum absolute atomic E-state index is 11.5. The van der Waals surface area contributed by atoms with Crippen LogP contribution in [0.5, 0.6) is 11.6 Å². The van der Waals surface area contributed by atoms with E-state index in [1.54, 1.807) is 0 Å². The lowest BCUT2D eigenvalue weighted by atomic mass is 9.79. The summed E-state index contributed by atoms with van der Waals surface area (Å²) in [7, 11) is 1.12. The standard InChI is InChI=1S/C11H13NO5/c1-17-11(16)7-8(13)6(5-3-2-4-5)9(14)12-10(7)15/h5H,2-4H2,1H3,(H3,12,13,14,15). The predicted molar refractivity (Wildman–Crippen MR) is 58.3 cm³/mol. The summed E-state index contributed by atoms with van der Waals surface area (Å²) < 4.78 is 4.42. The first-order valence-corrected chi connectivity index (χ1v) is 5.32. The summed E-state index contributed by atoms with van der Waals surface area (Å²) in [6.45, 7) is 0. The molecule has 1 aliphatic carbocycles. The van der Waals surface area contributed by atoms with Crippen molar-refractivity contribution < 1.29 is 19.7 Å². The summed E-state index contributed by atoms with van der Waals surface area (Å²) in [5, 5.41) is 19.5. The molecule has 1 saturated carbocycles. The van der Waals surface area contributed by atoms with Crippen molar-refractivity contribution in [2.75, 3.05) is 7.11 Å². The van der Waals surface area contributed by atoms with Crippen LogP contribution in [-0.2, 0) is 4.74 Å². The molecule has 1 fully saturated rings. The van der Waals surface area contributed by atoms with Gasteiger partial charge in [-0.1, -0.05) is 6.42 Å². The van der Waals surface area contributed by atoms with Gasteiger partial charge in [-0.25, -0.2) is 4.79 Å². The number of methoxy groups -OCH3 is 1. The first kappa shape index (κ1) is 11.5. The summed E-state index contributed by atoms with van der Waals surface area (Å²) >= 11 is 0. The molecule has 0 atom stereocenters. The Hall–Kier alpha value is -1.98. The van der Waals surface area contributed by atoms with Crippen LogP contribution in [0.25, 0.3) is 0 Å². The average Bonchev–Trinajstić information content (AvgIpc) is 2.20. The van der Waals surface area contributed by atoms with Crippen molar-refractivity contribution in [1.82, 2.24) is 4.98 Å². The molecule has 0 bridgehead atoms. The largest absolute Gasteiger partial charge is 0.506 e.